The van der Waals surface area contributed by atoms with Gasteiger partial charge in [-0.05, 0) is 35.7 Å². The Morgan fingerprint density at radius 2 is 1.74 bits per heavy atom. The minimum absolute atomic E-state index is 0.203. The standard InChI is InChI=1S/C20H18N2O5/c1-2-3-8-15-16(19(24)25)18(23)17(20(26)27)21-22(15)14-10-9-12-6-4-5-7-13(12)11-14/h4-7,9-11H,2-3,8H2,1H3,(H,24,25)(H,26,27). The minimum atomic E-state index is -1.56. The van der Waals surface area contributed by atoms with E-state index in [-0.39, 0.29) is 5.69 Å². The van der Waals surface area contributed by atoms with E-state index in [1.54, 1.807) is 12.1 Å². The number of fused-ring (bicyclic) bond motifs is 1. The molecule has 0 unspecified atom stereocenters. The van der Waals surface area contributed by atoms with Crippen molar-refractivity contribution in [2.75, 3.05) is 0 Å². The number of aromatic nitrogens is 2. The molecule has 7 nitrogen and oxygen atoms in total. The molecule has 3 aromatic rings. The number of rotatable bonds is 6. The second-order valence-electron chi connectivity index (χ2n) is 6.16. The molecular weight excluding hydrogens is 348 g/mol. The van der Waals surface area contributed by atoms with Gasteiger partial charge in [0.05, 0.1) is 11.4 Å². The Balaban J connectivity index is 2.35. The van der Waals surface area contributed by atoms with Gasteiger partial charge in [0.25, 0.3) is 0 Å². The summed E-state index contributed by atoms with van der Waals surface area (Å²) in [7, 11) is 0. The first-order chi connectivity index (χ1) is 12.9. The van der Waals surface area contributed by atoms with Crippen LogP contribution in [0.15, 0.2) is 47.3 Å². The van der Waals surface area contributed by atoms with Crippen LogP contribution in [0.25, 0.3) is 16.5 Å². The number of carbonyl (C=O) groups is 2. The van der Waals surface area contributed by atoms with E-state index in [9.17, 15) is 24.6 Å². The average molecular weight is 366 g/mol. The van der Waals surface area contributed by atoms with Gasteiger partial charge in [0.15, 0.2) is 0 Å². The van der Waals surface area contributed by atoms with Crippen LogP contribution in [0.3, 0.4) is 0 Å². The number of nitrogens with zero attached hydrogens (tertiary/aromatic N) is 2. The maximum absolute atomic E-state index is 12.4. The number of hydrogen-bond donors (Lipinski definition) is 2. The summed E-state index contributed by atoms with van der Waals surface area (Å²) < 4.78 is 1.27. The van der Waals surface area contributed by atoms with Crippen molar-refractivity contribution >= 4 is 22.7 Å². The van der Waals surface area contributed by atoms with Gasteiger partial charge in [-0.2, -0.15) is 5.10 Å². The van der Waals surface area contributed by atoms with Gasteiger partial charge in [-0.25, -0.2) is 14.3 Å². The third kappa shape index (κ3) is 3.44. The molecular formula is C20H18N2O5. The van der Waals surface area contributed by atoms with Crippen LogP contribution in [-0.2, 0) is 6.42 Å². The van der Waals surface area contributed by atoms with E-state index in [0.29, 0.717) is 18.5 Å². The molecule has 0 radical (unpaired) electrons. The summed E-state index contributed by atoms with van der Waals surface area (Å²) >= 11 is 0. The highest BCUT2D eigenvalue weighted by Gasteiger charge is 2.26. The Morgan fingerprint density at radius 1 is 1.04 bits per heavy atom. The molecule has 0 spiro atoms. The van der Waals surface area contributed by atoms with E-state index in [0.717, 1.165) is 17.2 Å². The second-order valence-corrected chi connectivity index (χ2v) is 6.16. The third-order valence-corrected chi connectivity index (χ3v) is 4.35. The first-order valence-electron chi connectivity index (χ1n) is 8.56. The molecule has 0 amide bonds. The molecule has 2 aromatic carbocycles. The maximum atomic E-state index is 12.4. The summed E-state index contributed by atoms with van der Waals surface area (Å²) in [6, 6.07) is 13.0. The van der Waals surface area contributed by atoms with Crippen molar-refractivity contribution in [3.05, 3.63) is 69.6 Å². The van der Waals surface area contributed by atoms with Gasteiger partial charge in [0, 0.05) is 0 Å². The molecule has 7 heteroatoms. The zero-order valence-electron chi connectivity index (χ0n) is 14.7. The fourth-order valence-corrected chi connectivity index (χ4v) is 3.02. The molecule has 2 N–H and O–H groups in total. The minimum Gasteiger partial charge on any atom is -0.477 e. The van der Waals surface area contributed by atoms with Crippen molar-refractivity contribution in [1.82, 2.24) is 9.78 Å². The van der Waals surface area contributed by atoms with Gasteiger partial charge in [0.1, 0.15) is 5.56 Å². The smallest absolute Gasteiger partial charge is 0.360 e. The summed E-state index contributed by atoms with van der Waals surface area (Å²) in [5.74, 6) is -3.01. The Kier molecular flexibility index (Phi) is 5.03. The van der Waals surface area contributed by atoms with Crippen LogP contribution in [0.5, 0.6) is 0 Å². The first-order valence-corrected chi connectivity index (χ1v) is 8.56. The normalized spacial score (nSPS) is 10.9. The molecule has 0 atom stereocenters. The SMILES string of the molecule is CCCCc1c(C(=O)O)c(=O)c(C(=O)O)nn1-c1ccc2ccccc2c1. The summed E-state index contributed by atoms with van der Waals surface area (Å²) in [5.41, 5.74) is -1.71. The molecule has 0 saturated heterocycles. The van der Waals surface area contributed by atoms with Crippen LogP contribution in [0.2, 0.25) is 0 Å². The van der Waals surface area contributed by atoms with Crippen LogP contribution in [0, 0.1) is 0 Å². The summed E-state index contributed by atoms with van der Waals surface area (Å²) in [5, 5.41) is 24.7. The van der Waals surface area contributed by atoms with Crippen LogP contribution in [0.4, 0.5) is 0 Å². The number of unbranched alkanes of at least 4 members (excludes halogenated alkanes) is 1. The Morgan fingerprint density at radius 3 is 2.37 bits per heavy atom. The molecule has 0 aliphatic carbocycles. The monoisotopic (exact) mass is 366 g/mol. The van der Waals surface area contributed by atoms with Gasteiger partial charge in [0.2, 0.25) is 11.1 Å². The topological polar surface area (TPSA) is 109 Å². The van der Waals surface area contributed by atoms with Gasteiger partial charge < -0.3 is 10.2 Å². The molecule has 1 heterocycles. The Hall–Kier alpha value is -3.48. The van der Waals surface area contributed by atoms with E-state index in [1.165, 1.54) is 4.68 Å². The van der Waals surface area contributed by atoms with Gasteiger partial charge in [-0.3, -0.25) is 4.79 Å². The number of benzene rings is 2. The Labute approximate surface area is 154 Å². The van der Waals surface area contributed by atoms with E-state index in [2.05, 4.69) is 5.10 Å². The lowest BCUT2D eigenvalue weighted by Crippen LogP contribution is -2.31. The maximum Gasteiger partial charge on any atom is 0.360 e. The fourth-order valence-electron chi connectivity index (χ4n) is 3.02. The van der Waals surface area contributed by atoms with Crippen molar-refractivity contribution in [2.45, 2.75) is 26.2 Å². The van der Waals surface area contributed by atoms with Crippen molar-refractivity contribution in [1.29, 1.82) is 0 Å². The molecule has 0 bridgehead atoms. The Bertz CT molecular complexity index is 1100. The molecule has 1 aromatic heterocycles. The van der Waals surface area contributed by atoms with Gasteiger partial charge >= 0.3 is 11.9 Å². The highest BCUT2D eigenvalue weighted by atomic mass is 16.4. The number of aromatic carboxylic acids is 2. The fraction of sp³-hybridized carbons (Fsp3) is 0.200. The largest absolute Gasteiger partial charge is 0.477 e. The van der Waals surface area contributed by atoms with Crippen LogP contribution >= 0.6 is 0 Å². The van der Waals surface area contributed by atoms with Crippen molar-refractivity contribution < 1.29 is 19.8 Å². The van der Waals surface area contributed by atoms with Gasteiger partial charge in [-0.1, -0.05) is 43.7 Å². The molecule has 27 heavy (non-hydrogen) atoms. The predicted molar refractivity (Wildman–Crippen MR) is 99.9 cm³/mol. The molecule has 0 aliphatic heterocycles. The predicted octanol–water partition coefficient (Wildman–Crippen LogP) is 3.12. The van der Waals surface area contributed by atoms with Crippen molar-refractivity contribution in [3.63, 3.8) is 0 Å². The summed E-state index contributed by atoms with van der Waals surface area (Å²) in [6.07, 6.45) is 1.72. The molecule has 138 valence electrons. The molecule has 0 aliphatic rings. The zero-order valence-corrected chi connectivity index (χ0v) is 14.7. The summed E-state index contributed by atoms with van der Waals surface area (Å²) in [4.78, 5) is 35.6. The lowest BCUT2D eigenvalue weighted by molar-refractivity contribution is 0.0685. The van der Waals surface area contributed by atoms with Gasteiger partial charge in [-0.15, -0.1) is 0 Å². The van der Waals surface area contributed by atoms with Crippen LogP contribution in [0.1, 0.15) is 46.3 Å². The van der Waals surface area contributed by atoms with Crippen molar-refractivity contribution in [2.24, 2.45) is 0 Å². The highest BCUT2D eigenvalue weighted by Crippen LogP contribution is 2.21. The highest BCUT2D eigenvalue weighted by molar-refractivity contribution is 5.93. The average Bonchev–Trinajstić information content (AvgIpc) is 2.65. The summed E-state index contributed by atoms with van der Waals surface area (Å²) in [6.45, 7) is 1.94. The van der Waals surface area contributed by atoms with E-state index in [4.69, 9.17) is 0 Å². The van der Waals surface area contributed by atoms with E-state index < -0.39 is 28.6 Å². The molecule has 3 rings (SSSR count). The van der Waals surface area contributed by atoms with Crippen LogP contribution in [-0.4, -0.2) is 31.9 Å². The lowest BCUT2D eigenvalue weighted by Gasteiger charge is -2.16. The number of carboxylic acid groups (broad SMARTS) is 2. The van der Waals surface area contributed by atoms with E-state index >= 15 is 0 Å². The number of carboxylic acids is 2. The van der Waals surface area contributed by atoms with Crippen molar-refractivity contribution in [3.8, 4) is 5.69 Å². The third-order valence-electron chi connectivity index (χ3n) is 4.35. The second kappa shape index (κ2) is 7.41. The quantitative estimate of drug-likeness (QED) is 0.694. The van der Waals surface area contributed by atoms with Crippen LogP contribution < -0.4 is 5.43 Å². The first kappa shape index (κ1) is 18.3. The zero-order chi connectivity index (χ0) is 19.6. The molecule has 0 saturated carbocycles. The number of hydrogen-bond acceptors (Lipinski definition) is 4. The van der Waals surface area contributed by atoms with E-state index in [1.807, 2.05) is 37.3 Å². The molecule has 0 fully saturated rings. The lowest BCUT2D eigenvalue weighted by atomic mass is 10.1.